The third-order valence-electron chi connectivity index (χ3n) is 7.39. The maximum absolute atomic E-state index is 12.1. The monoisotopic (exact) mass is 514 g/mol. The van der Waals surface area contributed by atoms with Crippen molar-refractivity contribution in [3.63, 3.8) is 0 Å². The van der Waals surface area contributed by atoms with Crippen LogP contribution in [0, 0.1) is 11.8 Å². The molecule has 0 aromatic heterocycles. The Bertz CT molecular complexity index is 707. The molecule has 0 saturated carbocycles. The number of rotatable bonds is 15. The topological polar surface area (TPSA) is 132 Å². The predicted molar refractivity (Wildman–Crippen MR) is 133 cm³/mol. The van der Waals surface area contributed by atoms with E-state index in [9.17, 15) is 24.9 Å². The van der Waals surface area contributed by atoms with Gasteiger partial charge < -0.3 is 34.3 Å². The highest BCUT2D eigenvalue weighted by molar-refractivity contribution is 5.82. The summed E-state index contributed by atoms with van der Waals surface area (Å²) in [4.78, 5) is 23.2. The van der Waals surface area contributed by atoms with E-state index in [2.05, 4.69) is 4.74 Å². The lowest BCUT2D eigenvalue weighted by Gasteiger charge is -2.36. The van der Waals surface area contributed by atoms with E-state index in [1.165, 1.54) is 13.2 Å². The van der Waals surface area contributed by atoms with Crippen LogP contribution in [0.15, 0.2) is 11.6 Å². The standard InChI is InChI=1S/C27H46O9/c1-17(14-24(30)34-12-10-8-6-5-7-9-11-23(29)33-4)13-21-26(32)27-20(16-35-21)15-22(36-27)25(31)18(2)19(3)28/h14,18-22,25-28,31-32H,5-13,15-16H2,1-4H3. The van der Waals surface area contributed by atoms with Gasteiger partial charge in [-0.2, -0.15) is 0 Å². The third kappa shape index (κ3) is 9.74. The van der Waals surface area contributed by atoms with Crippen LogP contribution in [0.2, 0.25) is 0 Å². The molecule has 9 heteroatoms. The Labute approximate surface area is 215 Å². The first-order valence-corrected chi connectivity index (χ1v) is 13.4. The van der Waals surface area contributed by atoms with Crippen LogP contribution in [0.5, 0.6) is 0 Å². The molecular weight excluding hydrogens is 468 g/mol. The van der Waals surface area contributed by atoms with Crippen LogP contribution in [0.25, 0.3) is 0 Å². The van der Waals surface area contributed by atoms with Gasteiger partial charge in [0.2, 0.25) is 0 Å². The molecule has 3 N–H and O–H groups in total. The minimum Gasteiger partial charge on any atom is -0.469 e. The van der Waals surface area contributed by atoms with Crippen molar-refractivity contribution in [2.75, 3.05) is 20.3 Å². The van der Waals surface area contributed by atoms with Gasteiger partial charge in [-0.25, -0.2) is 4.79 Å². The summed E-state index contributed by atoms with van der Waals surface area (Å²) < 4.78 is 21.8. The van der Waals surface area contributed by atoms with E-state index in [0.29, 0.717) is 32.5 Å². The molecule has 0 aliphatic carbocycles. The molecule has 2 rings (SSSR count). The molecule has 2 heterocycles. The highest BCUT2D eigenvalue weighted by Gasteiger charge is 2.48. The summed E-state index contributed by atoms with van der Waals surface area (Å²) in [7, 11) is 1.40. The van der Waals surface area contributed by atoms with Crippen molar-refractivity contribution in [1.82, 2.24) is 0 Å². The SMILES string of the molecule is COC(=O)CCCCCCCCOC(=O)C=C(C)CC1OCC2CC(C(O)C(C)C(C)O)OC2C1O. The lowest BCUT2D eigenvalue weighted by atomic mass is 9.87. The van der Waals surface area contributed by atoms with Crippen LogP contribution >= 0.6 is 0 Å². The number of esters is 2. The number of fused-ring (bicyclic) bond motifs is 1. The Hall–Kier alpha value is -1.52. The first-order valence-electron chi connectivity index (χ1n) is 13.4. The van der Waals surface area contributed by atoms with Gasteiger partial charge in [0.1, 0.15) is 6.10 Å². The zero-order valence-electron chi connectivity index (χ0n) is 22.3. The molecule has 36 heavy (non-hydrogen) atoms. The van der Waals surface area contributed by atoms with Gasteiger partial charge in [-0.3, -0.25) is 4.79 Å². The van der Waals surface area contributed by atoms with Crippen molar-refractivity contribution in [3.05, 3.63) is 11.6 Å². The highest BCUT2D eigenvalue weighted by Crippen LogP contribution is 2.38. The van der Waals surface area contributed by atoms with E-state index in [1.54, 1.807) is 13.8 Å². The van der Waals surface area contributed by atoms with E-state index in [-0.39, 0.29) is 17.8 Å². The Morgan fingerprint density at radius 1 is 1.08 bits per heavy atom. The Morgan fingerprint density at radius 2 is 1.75 bits per heavy atom. The molecule has 2 saturated heterocycles. The molecule has 8 atom stereocenters. The number of carbonyl (C=O) groups is 2. The molecule has 2 aliphatic rings. The third-order valence-corrected chi connectivity index (χ3v) is 7.39. The first-order chi connectivity index (χ1) is 17.1. The van der Waals surface area contributed by atoms with Gasteiger partial charge in [-0.05, 0) is 39.5 Å². The van der Waals surface area contributed by atoms with Crippen molar-refractivity contribution in [1.29, 1.82) is 0 Å². The maximum atomic E-state index is 12.1. The van der Waals surface area contributed by atoms with Crippen LogP contribution in [-0.4, -0.2) is 84.2 Å². The molecule has 208 valence electrons. The fourth-order valence-corrected chi connectivity index (χ4v) is 4.88. The Morgan fingerprint density at radius 3 is 2.42 bits per heavy atom. The maximum Gasteiger partial charge on any atom is 0.330 e. The van der Waals surface area contributed by atoms with E-state index in [0.717, 1.165) is 44.1 Å². The quantitative estimate of drug-likeness (QED) is 0.171. The van der Waals surface area contributed by atoms with Crippen LogP contribution in [0.4, 0.5) is 0 Å². The van der Waals surface area contributed by atoms with Crippen LogP contribution < -0.4 is 0 Å². The number of unbranched alkanes of at least 4 members (excludes halogenated alkanes) is 5. The summed E-state index contributed by atoms with van der Waals surface area (Å²) in [6, 6.07) is 0. The lowest BCUT2D eigenvalue weighted by molar-refractivity contribution is -0.170. The number of aliphatic hydroxyl groups is 3. The average molecular weight is 515 g/mol. The molecule has 0 radical (unpaired) electrons. The summed E-state index contributed by atoms with van der Waals surface area (Å²) in [5.74, 6) is -0.920. The number of hydrogen-bond donors (Lipinski definition) is 3. The molecule has 0 bridgehead atoms. The van der Waals surface area contributed by atoms with Crippen molar-refractivity contribution in [3.8, 4) is 0 Å². The van der Waals surface area contributed by atoms with Gasteiger partial charge in [-0.15, -0.1) is 0 Å². The summed E-state index contributed by atoms with van der Waals surface area (Å²) in [6.07, 6.45) is 4.78. The lowest BCUT2D eigenvalue weighted by Crippen LogP contribution is -2.48. The largest absolute Gasteiger partial charge is 0.469 e. The molecule has 2 aliphatic heterocycles. The van der Waals surface area contributed by atoms with E-state index in [4.69, 9.17) is 14.2 Å². The molecule has 2 fully saturated rings. The predicted octanol–water partition coefficient (Wildman–Crippen LogP) is 2.68. The van der Waals surface area contributed by atoms with Crippen molar-refractivity contribution in [2.45, 2.75) is 115 Å². The second kappa shape index (κ2) is 15.7. The van der Waals surface area contributed by atoms with Gasteiger partial charge >= 0.3 is 11.9 Å². The smallest absolute Gasteiger partial charge is 0.330 e. The highest BCUT2D eigenvalue weighted by atomic mass is 16.6. The van der Waals surface area contributed by atoms with Crippen LogP contribution in [-0.2, 0) is 28.5 Å². The minimum atomic E-state index is -0.866. The molecular formula is C27H46O9. The summed E-state index contributed by atoms with van der Waals surface area (Å²) >= 11 is 0. The molecule has 0 spiro atoms. The second-order valence-corrected chi connectivity index (χ2v) is 10.4. The minimum absolute atomic E-state index is 0.0146. The number of methoxy groups -OCH3 is 1. The van der Waals surface area contributed by atoms with Gasteiger partial charge in [0, 0.05) is 24.3 Å². The van der Waals surface area contributed by atoms with Gasteiger partial charge in [-0.1, -0.05) is 38.2 Å². The average Bonchev–Trinajstić information content (AvgIpc) is 3.28. The van der Waals surface area contributed by atoms with Crippen LogP contribution in [0.3, 0.4) is 0 Å². The van der Waals surface area contributed by atoms with Crippen molar-refractivity contribution < 1.29 is 43.9 Å². The normalized spacial score (nSPS) is 28.8. The molecule has 9 nitrogen and oxygen atoms in total. The number of ether oxygens (including phenoxy) is 4. The van der Waals surface area contributed by atoms with Gasteiger partial charge in [0.25, 0.3) is 0 Å². The van der Waals surface area contributed by atoms with E-state index >= 15 is 0 Å². The van der Waals surface area contributed by atoms with Crippen molar-refractivity contribution >= 4 is 11.9 Å². The summed E-state index contributed by atoms with van der Waals surface area (Å²) in [5.41, 5.74) is 0.755. The Kier molecular flexibility index (Phi) is 13.4. The summed E-state index contributed by atoms with van der Waals surface area (Å²) in [5, 5.41) is 31.1. The molecule has 0 amide bonds. The number of carbonyl (C=O) groups excluding carboxylic acids is 2. The van der Waals surface area contributed by atoms with E-state index < -0.39 is 42.6 Å². The number of aliphatic hydroxyl groups excluding tert-OH is 3. The number of hydrogen-bond acceptors (Lipinski definition) is 9. The van der Waals surface area contributed by atoms with Gasteiger partial charge in [0.05, 0.1) is 50.8 Å². The molecule has 8 unspecified atom stereocenters. The zero-order chi connectivity index (χ0) is 26.7. The fourth-order valence-electron chi connectivity index (χ4n) is 4.88. The van der Waals surface area contributed by atoms with E-state index in [1.807, 2.05) is 6.92 Å². The zero-order valence-corrected chi connectivity index (χ0v) is 22.3. The second-order valence-electron chi connectivity index (χ2n) is 10.4. The molecule has 0 aromatic rings. The Balaban J connectivity index is 1.65. The molecule has 0 aromatic carbocycles. The first kappa shape index (κ1) is 30.7. The van der Waals surface area contributed by atoms with Crippen molar-refractivity contribution in [2.24, 2.45) is 11.8 Å². The van der Waals surface area contributed by atoms with Gasteiger partial charge in [0.15, 0.2) is 0 Å². The van der Waals surface area contributed by atoms with Crippen LogP contribution in [0.1, 0.15) is 78.6 Å². The fraction of sp³-hybridized carbons (Fsp3) is 0.852. The summed E-state index contributed by atoms with van der Waals surface area (Å²) in [6.45, 7) is 6.00.